The number of hydrogen-bond donors (Lipinski definition) is 1. The number of rotatable bonds is 5. The molecule has 0 aliphatic carbocycles. The lowest BCUT2D eigenvalue weighted by Crippen LogP contribution is -2.28. The first-order valence-corrected chi connectivity index (χ1v) is 10.1. The van der Waals surface area contributed by atoms with Gasteiger partial charge in [-0.1, -0.05) is 18.2 Å². The van der Waals surface area contributed by atoms with Crippen LogP contribution in [0.5, 0.6) is 0 Å². The predicted octanol–water partition coefficient (Wildman–Crippen LogP) is 4.87. The normalized spacial score (nSPS) is 12.0. The number of aromatic nitrogens is 2. The van der Waals surface area contributed by atoms with E-state index in [1.54, 1.807) is 23.5 Å². The van der Waals surface area contributed by atoms with Crippen molar-refractivity contribution in [3.8, 4) is 10.7 Å². The number of thiophene rings is 1. The second-order valence-corrected chi connectivity index (χ2v) is 7.48. The summed E-state index contributed by atoms with van der Waals surface area (Å²) in [5.41, 5.74) is 1.95. The lowest BCUT2D eigenvalue weighted by atomic mass is 10.1. The number of carbonyl (C=O) groups excluding carboxylic acids is 1. The maximum Gasteiger partial charge on any atom is 0.256 e. The van der Waals surface area contributed by atoms with E-state index >= 15 is 0 Å². The molecule has 134 valence electrons. The van der Waals surface area contributed by atoms with Gasteiger partial charge in [0.25, 0.3) is 5.91 Å². The van der Waals surface area contributed by atoms with Crippen LogP contribution in [0, 0.1) is 12.7 Å². The highest BCUT2D eigenvalue weighted by Gasteiger charge is 2.21. The number of carbonyl (C=O) groups is 1. The molecule has 3 rings (SSSR count). The minimum atomic E-state index is -0.301. The largest absolute Gasteiger partial charge is 0.345 e. The van der Waals surface area contributed by atoms with Crippen molar-refractivity contribution < 1.29 is 9.18 Å². The Morgan fingerprint density at radius 1 is 1.23 bits per heavy atom. The predicted molar refractivity (Wildman–Crippen MR) is 104 cm³/mol. The molecule has 0 spiro atoms. The number of thioether (sulfide) groups is 1. The molecule has 1 amide bonds. The van der Waals surface area contributed by atoms with E-state index in [1.807, 2.05) is 37.6 Å². The first kappa shape index (κ1) is 18.5. The van der Waals surface area contributed by atoms with Crippen LogP contribution in [0.4, 0.5) is 4.39 Å². The highest BCUT2D eigenvalue weighted by molar-refractivity contribution is 7.98. The van der Waals surface area contributed by atoms with Gasteiger partial charge in [-0.05, 0) is 49.2 Å². The smallest absolute Gasteiger partial charge is 0.256 e. The highest BCUT2D eigenvalue weighted by atomic mass is 32.2. The van der Waals surface area contributed by atoms with Crippen molar-refractivity contribution in [1.82, 2.24) is 15.3 Å². The van der Waals surface area contributed by atoms with Gasteiger partial charge in [-0.25, -0.2) is 14.4 Å². The summed E-state index contributed by atoms with van der Waals surface area (Å²) in [6.45, 7) is 3.68. The molecule has 0 aliphatic rings. The van der Waals surface area contributed by atoms with Crippen LogP contribution in [-0.2, 0) is 0 Å². The summed E-state index contributed by atoms with van der Waals surface area (Å²) in [6.07, 6.45) is 1.89. The van der Waals surface area contributed by atoms with Crippen LogP contribution in [0.3, 0.4) is 0 Å². The van der Waals surface area contributed by atoms with Crippen LogP contribution >= 0.6 is 23.1 Å². The maximum absolute atomic E-state index is 13.1. The van der Waals surface area contributed by atoms with Crippen LogP contribution in [0.1, 0.15) is 34.6 Å². The summed E-state index contributed by atoms with van der Waals surface area (Å²) in [6, 6.07) is 9.75. The van der Waals surface area contributed by atoms with Crippen LogP contribution in [0.2, 0.25) is 0 Å². The van der Waals surface area contributed by atoms with Crippen LogP contribution in [0.15, 0.2) is 46.8 Å². The molecule has 3 aromatic rings. The maximum atomic E-state index is 13.1. The van der Waals surface area contributed by atoms with Gasteiger partial charge in [0.15, 0.2) is 5.82 Å². The summed E-state index contributed by atoms with van der Waals surface area (Å²) < 4.78 is 13.1. The number of nitrogens with zero attached hydrogens (tertiary/aromatic N) is 2. The van der Waals surface area contributed by atoms with Gasteiger partial charge in [0.2, 0.25) is 0 Å². The SMILES string of the molecule is CSc1nc(-c2cccs2)nc(C)c1C(=O)N[C@@H](C)c1ccc(F)cc1. The third-order valence-electron chi connectivity index (χ3n) is 3.94. The van der Waals surface area contributed by atoms with Gasteiger partial charge < -0.3 is 5.32 Å². The third kappa shape index (κ3) is 3.94. The van der Waals surface area contributed by atoms with Crippen LogP contribution < -0.4 is 5.32 Å². The van der Waals surface area contributed by atoms with Gasteiger partial charge in [0.1, 0.15) is 10.8 Å². The fraction of sp³-hybridized carbons (Fsp3) is 0.211. The van der Waals surface area contributed by atoms with E-state index in [2.05, 4.69) is 15.3 Å². The zero-order valence-corrected chi connectivity index (χ0v) is 16.2. The quantitative estimate of drug-likeness (QED) is 0.501. The van der Waals surface area contributed by atoms with E-state index < -0.39 is 0 Å². The highest BCUT2D eigenvalue weighted by Crippen LogP contribution is 2.27. The second kappa shape index (κ2) is 7.97. The van der Waals surface area contributed by atoms with Crippen molar-refractivity contribution in [1.29, 1.82) is 0 Å². The Labute approximate surface area is 159 Å². The fourth-order valence-corrected chi connectivity index (χ4v) is 3.86. The molecule has 0 fully saturated rings. The lowest BCUT2D eigenvalue weighted by molar-refractivity contribution is 0.0935. The molecule has 1 aromatic carbocycles. The fourth-order valence-electron chi connectivity index (χ4n) is 2.58. The molecular formula is C19H18FN3OS2. The van der Waals surface area contributed by atoms with Crippen molar-refractivity contribution in [2.75, 3.05) is 6.26 Å². The molecule has 4 nitrogen and oxygen atoms in total. The molecule has 2 aromatic heterocycles. The topological polar surface area (TPSA) is 54.9 Å². The molecule has 0 aliphatic heterocycles. The van der Waals surface area contributed by atoms with Crippen molar-refractivity contribution in [2.24, 2.45) is 0 Å². The van der Waals surface area contributed by atoms with Gasteiger partial charge in [0, 0.05) is 0 Å². The summed E-state index contributed by atoms with van der Waals surface area (Å²) >= 11 is 2.98. The van der Waals surface area contributed by atoms with E-state index in [4.69, 9.17) is 0 Å². The zero-order valence-electron chi connectivity index (χ0n) is 14.6. The molecule has 0 unspecified atom stereocenters. The molecule has 0 bridgehead atoms. The van der Waals surface area contributed by atoms with Crippen LogP contribution in [-0.4, -0.2) is 22.1 Å². The van der Waals surface area contributed by atoms with E-state index in [0.29, 0.717) is 22.1 Å². The summed E-state index contributed by atoms with van der Waals surface area (Å²) in [7, 11) is 0. The van der Waals surface area contributed by atoms with Crippen LogP contribution in [0.25, 0.3) is 10.7 Å². The van der Waals surface area contributed by atoms with Gasteiger partial charge in [0.05, 0.1) is 22.2 Å². The molecule has 1 N–H and O–H groups in total. The average molecular weight is 388 g/mol. The molecule has 0 saturated carbocycles. The first-order valence-electron chi connectivity index (χ1n) is 8.02. The number of aryl methyl sites for hydroxylation is 1. The summed E-state index contributed by atoms with van der Waals surface area (Å²) in [5, 5.41) is 5.56. The third-order valence-corrected chi connectivity index (χ3v) is 5.48. The molecule has 2 heterocycles. The number of benzene rings is 1. The van der Waals surface area contributed by atoms with Crippen molar-refractivity contribution in [3.63, 3.8) is 0 Å². The zero-order chi connectivity index (χ0) is 18.7. The van der Waals surface area contributed by atoms with Gasteiger partial charge >= 0.3 is 0 Å². The minimum Gasteiger partial charge on any atom is -0.345 e. The van der Waals surface area contributed by atoms with Gasteiger partial charge in [-0.2, -0.15) is 0 Å². The summed E-state index contributed by atoms with van der Waals surface area (Å²) in [5.74, 6) is 0.0942. The Morgan fingerprint density at radius 2 is 1.96 bits per heavy atom. The summed E-state index contributed by atoms with van der Waals surface area (Å²) in [4.78, 5) is 22.9. The van der Waals surface area contributed by atoms with Crippen molar-refractivity contribution in [2.45, 2.75) is 24.9 Å². The Morgan fingerprint density at radius 3 is 2.58 bits per heavy atom. The lowest BCUT2D eigenvalue weighted by Gasteiger charge is -2.17. The number of hydrogen-bond acceptors (Lipinski definition) is 5. The molecule has 0 radical (unpaired) electrons. The Balaban J connectivity index is 1.87. The van der Waals surface area contributed by atoms with Gasteiger partial charge in [-0.15, -0.1) is 23.1 Å². The molecule has 0 saturated heterocycles. The molecule has 1 atom stereocenters. The monoisotopic (exact) mass is 387 g/mol. The Kier molecular flexibility index (Phi) is 5.68. The van der Waals surface area contributed by atoms with E-state index in [9.17, 15) is 9.18 Å². The molecule has 26 heavy (non-hydrogen) atoms. The first-order chi connectivity index (χ1) is 12.5. The number of halogens is 1. The Hall–Kier alpha value is -2.25. The molecular weight excluding hydrogens is 369 g/mol. The van der Waals surface area contributed by atoms with E-state index in [0.717, 1.165) is 10.4 Å². The average Bonchev–Trinajstić information content (AvgIpc) is 3.16. The number of nitrogens with one attached hydrogen (secondary N) is 1. The van der Waals surface area contributed by atoms with E-state index in [-0.39, 0.29) is 17.8 Å². The van der Waals surface area contributed by atoms with Gasteiger partial charge in [-0.3, -0.25) is 4.79 Å². The van der Waals surface area contributed by atoms with Crippen molar-refractivity contribution >= 4 is 29.0 Å². The van der Waals surface area contributed by atoms with Crippen molar-refractivity contribution in [3.05, 3.63) is 64.4 Å². The van der Waals surface area contributed by atoms with E-state index in [1.165, 1.54) is 23.9 Å². The minimum absolute atomic E-state index is 0.235. The second-order valence-electron chi connectivity index (χ2n) is 5.74. The standard InChI is InChI=1S/C19H18FN3OS2/c1-11(13-6-8-14(20)9-7-13)22-18(24)16-12(2)21-17(23-19(16)25-3)15-5-4-10-26-15/h4-11H,1-3H3,(H,22,24)/t11-/m0/s1. The molecule has 7 heteroatoms. The number of amides is 1. The Bertz CT molecular complexity index is 911.